The predicted octanol–water partition coefficient (Wildman–Crippen LogP) is 4.39. The Labute approximate surface area is 170 Å². The second kappa shape index (κ2) is 9.19. The minimum atomic E-state index is -0.135. The molecule has 2 N–H and O–H groups in total. The van der Waals surface area contributed by atoms with Gasteiger partial charge in [0.2, 0.25) is 5.91 Å². The molecule has 6 nitrogen and oxygen atoms in total. The summed E-state index contributed by atoms with van der Waals surface area (Å²) < 4.78 is 5.43. The number of para-hydroxylation sites is 2. The fraction of sp³-hybridized carbons (Fsp3) is 0.261. The van der Waals surface area contributed by atoms with Gasteiger partial charge in [0.1, 0.15) is 11.3 Å². The van der Waals surface area contributed by atoms with Crippen LogP contribution in [0.25, 0.3) is 10.9 Å². The molecule has 0 bridgehead atoms. The molecule has 0 aliphatic rings. The van der Waals surface area contributed by atoms with Crippen LogP contribution in [0.2, 0.25) is 0 Å². The van der Waals surface area contributed by atoms with Crippen molar-refractivity contribution in [3.8, 4) is 5.75 Å². The first-order valence-corrected chi connectivity index (χ1v) is 9.63. The van der Waals surface area contributed by atoms with Crippen molar-refractivity contribution in [1.82, 2.24) is 10.3 Å². The highest BCUT2D eigenvalue weighted by molar-refractivity contribution is 6.10. The molecule has 0 aliphatic heterocycles. The molecule has 6 heteroatoms. The lowest BCUT2D eigenvalue weighted by Crippen LogP contribution is -2.23. The summed E-state index contributed by atoms with van der Waals surface area (Å²) in [5.41, 5.74) is 3.76. The van der Waals surface area contributed by atoms with Crippen LogP contribution in [0.1, 0.15) is 35.7 Å². The molecule has 0 saturated carbocycles. The SMILES string of the molecule is CCNC(=O)CCC(=O)c1cnc2c(OC)cccc2c1Nc1ccccc1C. The van der Waals surface area contributed by atoms with Crippen LogP contribution in [0.4, 0.5) is 11.4 Å². The normalized spacial score (nSPS) is 10.6. The van der Waals surface area contributed by atoms with Gasteiger partial charge in [0.05, 0.1) is 18.4 Å². The quantitative estimate of drug-likeness (QED) is 0.557. The fourth-order valence-corrected chi connectivity index (χ4v) is 3.20. The molecule has 1 heterocycles. The highest BCUT2D eigenvalue weighted by atomic mass is 16.5. The van der Waals surface area contributed by atoms with Crippen molar-refractivity contribution >= 4 is 34.0 Å². The number of methoxy groups -OCH3 is 1. The number of aromatic nitrogens is 1. The standard InChI is InChI=1S/C23H25N3O3/c1-4-24-21(28)13-12-19(27)17-14-25-23-16(9-7-11-20(23)29-3)22(17)26-18-10-6-5-8-15(18)2/h5-11,14H,4,12-13H2,1-3H3,(H,24,28)(H,25,26). The molecule has 0 atom stereocenters. The maximum absolute atomic E-state index is 13.0. The van der Waals surface area contributed by atoms with Gasteiger partial charge in [-0.05, 0) is 31.5 Å². The van der Waals surface area contributed by atoms with Crippen LogP contribution in [0.5, 0.6) is 5.75 Å². The average molecular weight is 391 g/mol. The molecule has 2 aromatic carbocycles. The van der Waals surface area contributed by atoms with Crippen molar-refractivity contribution in [2.45, 2.75) is 26.7 Å². The third kappa shape index (κ3) is 4.54. The number of nitrogens with zero attached hydrogens (tertiary/aromatic N) is 1. The smallest absolute Gasteiger partial charge is 0.220 e. The zero-order valence-electron chi connectivity index (χ0n) is 16.9. The van der Waals surface area contributed by atoms with E-state index in [1.165, 1.54) is 0 Å². The molecule has 150 valence electrons. The van der Waals surface area contributed by atoms with E-state index in [0.29, 0.717) is 29.1 Å². The summed E-state index contributed by atoms with van der Waals surface area (Å²) in [5.74, 6) is 0.367. The van der Waals surface area contributed by atoms with E-state index >= 15 is 0 Å². The summed E-state index contributed by atoms with van der Waals surface area (Å²) in [7, 11) is 1.59. The third-order valence-electron chi connectivity index (χ3n) is 4.74. The molecule has 0 radical (unpaired) electrons. The van der Waals surface area contributed by atoms with Crippen molar-refractivity contribution < 1.29 is 14.3 Å². The Balaban J connectivity index is 2.05. The Hall–Kier alpha value is -3.41. The number of fused-ring (bicyclic) bond motifs is 1. The maximum atomic E-state index is 13.0. The number of benzene rings is 2. The zero-order valence-corrected chi connectivity index (χ0v) is 16.9. The summed E-state index contributed by atoms with van der Waals surface area (Å²) in [5, 5.41) is 6.92. The van der Waals surface area contributed by atoms with Gasteiger partial charge in [-0.15, -0.1) is 0 Å². The summed E-state index contributed by atoms with van der Waals surface area (Å²) in [6, 6.07) is 13.5. The van der Waals surface area contributed by atoms with E-state index in [1.807, 2.05) is 56.3 Å². The fourth-order valence-electron chi connectivity index (χ4n) is 3.20. The first kappa shape index (κ1) is 20.3. The van der Waals surface area contributed by atoms with Gasteiger partial charge >= 0.3 is 0 Å². The van der Waals surface area contributed by atoms with Gasteiger partial charge in [-0.25, -0.2) is 0 Å². The highest BCUT2D eigenvalue weighted by Crippen LogP contribution is 2.34. The Kier molecular flexibility index (Phi) is 6.44. The number of hydrogen-bond acceptors (Lipinski definition) is 5. The number of ketones is 1. The lowest BCUT2D eigenvalue weighted by atomic mass is 10.0. The molecular formula is C23H25N3O3. The number of rotatable bonds is 8. The first-order chi connectivity index (χ1) is 14.0. The van der Waals surface area contributed by atoms with Crippen LogP contribution in [-0.2, 0) is 4.79 Å². The summed E-state index contributed by atoms with van der Waals surface area (Å²) in [4.78, 5) is 29.2. The van der Waals surface area contributed by atoms with Gasteiger partial charge in [-0.1, -0.05) is 30.3 Å². The molecule has 0 spiro atoms. The molecule has 0 saturated heterocycles. The second-order valence-electron chi connectivity index (χ2n) is 6.72. The summed E-state index contributed by atoms with van der Waals surface area (Å²) >= 11 is 0. The largest absolute Gasteiger partial charge is 0.494 e. The Morgan fingerprint density at radius 2 is 1.86 bits per heavy atom. The van der Waals surface area contributed by atoms with E-state index < -0.39 is 0 Å². The van der Waals surface area contributed by atoms with Crippen LogP contribution in [0.15, 0.2) is 48.7 Å². The van der Waals surface area contributed by atoms with Gasteiger partial charge in [0.15, 0.2) is 5.78 Å². The second-order valence-corrected chi connectivity index (χ2v) is 6.72. The van der Waals surface area contributed by atoms with Crippen molar-refractivity contribution in [1.29, 1.82) is 0 Å². The number of aryl methyl sites for hydroxylation is 1. The summed E-state index contributed by atoms with van der Waals surface area (Å²) in [6.45, 7) is 4.40. The van der Waals surface area contributed by atoms with Crippen LogP contribution in [0.3, 0.4) is 0 Å². The number of pyridine rings is 1. The van der Waals surface area contributed by atoms with Crippen molar-refractivity contribution in [2.75, 3.05) is 19.0 Å². The monoisotopic (exact) mass is 391 g/mol. The Morgan fingerprint density at radius 3 is 2.59 bits per heavy atom. The van der Waals surface area contributed by atoms with Crippen molar-refractivity contribution in [2.24, 2.45) is 0 Å². The van der Waals surface area contributed by atoms with Gasteiger partial charge in [-0.2, -0.15) is 0 Å². The van der Waals surface area contributed by atoms with E-state index in [1.54, 1.807) is 13.3 Å². The van der Waals surface area contributed by atoms with Crippen molar-refractivity contribution in [3.05, 3.63) is 59.8 Å². The van der Waals surface area contributed by atoms with E-state index in [9.17, 15) is 9.59 Å². The number of carbonyl (C=O) groups excluding carboxylic acids is 2. The molecule has 1 aromatic heterocycles. The summed E-state index contributed by atoms with van der Waals surface area (Å²) in [6.07, 6.45) is 1.82. The number of ether oxygens (including phenoxy) is 1. The number of amides is 1. The molecule has 1 amide bonds. The van der Waals surface area contributed by atoms with Gasteiger partial charge in [0, 0.05) is 36.7 Å². The number of anilines is 2. The third-order valence-corrected chi connectivity index (χ3v) is 4.74. The van der Waals surface area contributed by atoms with E-state index in [4.69, 9.17) is 4.74 Å². The zero-order chi connectivity index (χ0) is 20.8. The minimum Gasteiger partial charge on any atom is -0.494 e. The molecule has 0 unspecified atom stereocenters. The lowest BCUT2D eigenvalue weighted by Gasteiger charge is -2.16. The van der Waals surface area contributed by atoms with Crippen LogP contribution in [0, 0.1) is 6.92 Å². The Morgan fingerprint density at radius 1 is 1.07 bits per heavy atom. The molecule has 0 aliphatic carbocycles. The van der Waals surface area contributed by atoms with E-state index in [0.717, 1.165) is 16.6 Å². The predicted molar refractivity (Wildman–Crippen MR) is 115 cm³/mol. The number of hydrogen-bond donors (Lipinski definition) is 2. The number of Topliss-reactive ketones (excluding diaryl/α,β-unsaturated/α-hetero) is 1. The molecular weight excluding hydrogens is 366 g/mol. The van der Waals surface area contributed by atoms with E-state index in [-0.39, 0.29) is 24.5 Å². The average Bonchev–Trinajstić information content (AvgIpc) is 2.73. The molecule has 3 aromatic rings. The van der Waals surface area contributed by atoms with Crippen LogP contribution < -0.4 is 15.4 Å². The van der Waals surface area contributed by atoms with Crippen molar-refractivity contribution in [3.63, 3.8) is 0 Å². The molecule has 29 heavy (non-hydrogen) atoms. The molecule has 0 fully saturated rings. The first-order valence-electron chi connectivity index (χ1n) is 9.63. The highest BCUT2D eigenvalue weighted by Gasteiger charge is 2.18. The van der Waals surface area contributed by atoms with Crippen LogP contribution >= 0.6 is 0 Å². The van der Waals surface area contributed by atoms with Gasteiger partial charge in [0.25, 0.3) is 0 Å². The lowest BCUT2D eigenvalue weighted by molar-refractivity contribution is -0.120. The number of nitrogens with one attached hydrogen (secondary N) is 2. The van der Waals surface area contributed by atoms with E-state index in [2.05, 4.69) is 15.6 Å². The minimum absolute atomic E-state index is 0.117. The van der Waals surface area contributed by atoms with Gasteiger partial charge < -0.3 is 15.4 Å². The maximum Gasteiger partial charge on any atom is 0.220 e. The topological polar surface area (TPSA) is 80.3 Å². The number of carbonyl (C=O) groups is 2. The van der Waals surface area contributed by atoms with Gasteiger partial charge in [-0.3, -0.25) is 14.6 Å². The van der Waals surface area contributed by atoms with Crippen LogP contribution in [-0.4, -0.2) is 30.3 Å². The Bertz CT molecular complexity index is 1050. The molecule has 3 rings (SSSR count).